The molecule has 3 N–H and O–H groups in total. The first-order valence-electron chi connectivity index (χ1n) is 2.57. The maximum Gasteiger partial charge on any atom is -0.344 e. The molecule has 0 aromatic rings. The van der Waals surface area contributed by atoms with Gasteiger partial charge in [0.1, 0.15) is 0 Å². The van der Waals surface area contributed by atoms with Gasteiger partial charge in [-0.15, -0.1) is 0 Å². The summed E-state index contributed by atoms with van der Waals surface area (Å²) in [6.07, 6.45) is 0. The minimum absolute atomic E-state index is 0. The van der Waals surface area contributed by atoms with E-state index in [2.05, 4.69) is 0 Å². The van der Waals surface area contributed by atoms with E-state index in [1.807, 2.05) is 0 Å². The largest absolute Gasteiger partial charge is 0.344 e. The molecule has 0 bridgehead atoms. The minimum Gasteiger partial charge on any atom is -0.344 e. The molecule has 0 fully saturated rings. The van der Waals surface area contributed by atoms with Crippen LogP contribution < -0.4 is 6.15 Å². The van der Waals surface area contributed by atoms with Gasteiger partial charge in [-0.25, -0.2) is 0 Å². The van der Waals surface area contributed by atoms with Crippen molar-refractivity contribution in [3.05, 3.63) is 0 Å². The van der Waals surface area contributed by atoms with Crippen molar-refractivity contribution in [3.8, 4) is 0 Å². The van der Waals surface area contributed by atoms with Gasteiger partial charge < -0.3 is 6.15 Å². The van der Waals surface area contributed by atoms with Crippen molar-refractivity contribution in [2.75, 3.05) is 0 Å². The number of hydrogen-bond donors (Lipinski definition) is 1. The van der Waals surface area contributed by atoms with Gasteiger partial charge >= 0.3 is 121 Å². The molecule has 0 aromatic heterocycles. The average molecular weight is 595 g/mol. The molecule has 0 radical (unpaired) electrons. The van der Waals surface area contributed by atoms with Crippen LogP contribution in [0.25, 0.3) is 0 Å². The fourth-order valence-electron chi connectivity index (χ4n) is 0. The summed E-state index contributed by atoms with van der Waals surface area (Å²) in [5.74, 6) is 0. The van der Waals surface area contributed by atoms with E-state index in [0.717, 1.165) is 0 Å². The third-order valence-electron chi connectivity index (χ3n) is 0. The van der Waals surface area contributed by atoms with Crippen LogP contribution in [0.4, 0.5) is 39.5 Å². The Labute approximate surface area is 126 Å². The molecule has 0 aliphatic rings. The third-order valence-corrected chi connectivity index (χ3v) is 0. The van der Waals surface area contributed by atoms with Gasteiger partial charge in [-0.3, -0.25) is 0 Å². The molecule has 0 aliphatic heterocycles. The van der Waals surface area contributed by atoms with Crippen LogP contribution in [0.5, 0.6) is 0 Å². The van der Waals surface area contributed by atoms with Crippen molar-refractivity contribution in [1.82, 2.24) is 6.15 Å². The molecule has 0 saturated carbocycles. The van der Waals surface area contributed by atoms with Crippen molar-refractivity contribution in [1.29, 1.82) is 0 Å². The van der Waals surface area contributed by atoms with Crippen LogP contribution in [0.15, 0.2) is 0 Å². The Kier molecular flexibility index (Phi) is 17.6. The molecule has 13 heteroatoms. The Balaban J connectivity index is -0.0000000655. The van der Waals surface area contributed by atoms with E-state index in [4.69, 9.17) is 0 Å². The quantitative estimate of drug-likeness (QED) is 0.323. The number of hydrogen-bond acceptors (Lipinski definition) is 1. The monoisotopic (exact) mass is 593 g/mol. The van der Waals surface area contributed by atoms with Crippen LogP contribution in [0.2, 0.25) is 0 Å². The summed E-state index contributed by atoms with van der Waals surface area (Å²) in [5, 5.41) is 0. The van der Waals surface area contributed by atoms with Crippen molar-refractivity contribution in [2.45, 2.75) is 12.4 Å². The van der Waals surface area contributed by atoms with Crippen molar-refractivity contribution in [2.24, 2.45) is 0 Å². The molecule has 16 heavy (non-hydrogen) atoms. The van der Waals surface area contributed by atoms with Crippen LogP contribution >= 0.6 is 0 Å². The Bertz CT molecular complexity index is 101. The van der Waals surface area contributed by atoms with Crippen molar-refractivity contribution < 1.29 is 39.5 Å². The van der Waals surface area contributed by atoms with Gasteiger partial charge in [0.2, 0.25) is 0 Å². The molecule has 0 rings (SSSR count). The summed E-state index contributed by atoms with van der Waals surface area (Å²) < 4.78 is 82.1. The van der Waals surface area contributed by atoms with Crippen LogP contribution in [0.3, 0.4) is 0 Å². The van der Waals surface area contributed by atoms with Crippen molar-refractivity contribution >= 4 is 69.1 Å². The van der Waals surface area contributed by atoms with Gasteiger partial charge in [-0.2, -0.15) is 0 Å². The second kappa shape index (κ2) is 10.7. The van der Waals surface area contributed by atoms with Gasteiger partial charge in [-0.1, -0.05) is 0 Å². The predicted molar refractivity (Wildman–Crippen MR) is 48.8 cm³/mol. The second-order valence-electron chi connectivity index (χ2n) is 1.62. The van der Waals surface area contributed by atoms with E-state index < -0.39 is 81.4 Å². The van der Waals surface area contributed by atoms with E-state index >= 15 is 0 Å². The fraction of sp³-hybridized carbons (Fsp3) is 1.00. The van der Waals surface area contributed by atoms with Gasteiger partial charge in [0.25, 0.3) is 0 Å². The van der Waals surface area contributed by atoms with Gasteiger partial charge in [0, 0.05) is 0 Å². The zero-order valence-electron chi connectivity index (χ0n) is 7.34. The first kappa shape index (κ1) is 26.4. The topological polar surface area (TPSA) is 35.0 Å². The van der Waals surface area contributed by atoms with Crippen LogP contribution in [0, 0.1) is 0 Å². The van der Waals surface area contributed by atoms with E-state index in [1.54, 1.807) is 0 Å². The summed E-state index contributed by atoms with van der Waals surface area (Å²) in [6.45, 7) is 0. The predicted octanol–water partition coefficient (Wildman–Crippen LogP) is 0.580. The number of alkyl halides is 9. The molecule has 0 aromatic carbocycles. The maximum absolute atomic E-state index is 10.4. The zero-order valence-corrected chi connectivity index (χ0v) is 17.2. The van der Waals surface area contributed by atoms with E-state index in [-0.39, 0.29) is 6.15 Å². The number of rotatable bonds is 0. The van der Waals surface area contributed by atoms with Gasteiger partial charge in [-0.05, 0) is 0 Å². The average Bonchev–Trinajstić information content (AvgIpc) is 1.41. The van der Waals surface area contributed by atoms with E-state index in [0.29, 0.717) is 0 Å². The second-order valence-corrected chi connectivity index (χ2v) is 7.23. The Hall–Kier alpha value is 1.78. The molecule has 0 spiro atoms. The zero-order chi connectivity index (χ0) is 13.5. The first-order valence-corrected chi connectivity index (χ1v) is 7.51. The van der Waals surface area contributed by atoms with E-state index in [9.17, 15) is 39.5 Å². The standard InChI is InChI=1S/3CF3.H3N.3Sb.6H/c3*2-1(3)4;;;;;;;;;;/h;;;1H3;;;;;;;;;. The fourth-order valence-corrected chi connectivity index (χ4v) is 0. The summed E-state index contributed by atoms with van der Waals surface area (Å²) in [7, 11) is 0. The molecule has 104 valence electrons. The van der Waals surface area contributed by atoms with Crippen LogP contribution in [-0.2, 0) is 0 Å². The molecular weight excluding hydrogens is 586 g/mol. The van der Waals surface area contributed by atoms with E-state index in [1.165, 1.54) is 0 Å². The Morgan fingerprint density at radius 3 is 0.438 bits per heavy atom. The maximum atomic E-state index is 10.4. The Morgan fingerprint density at radius 2 is 0.438 bits per heavy atom. The molecule has 0 unspecified atom stereocenters. The Morgan fingerprint density at radius 1 is 0.438 bits per heavy atom. The summed E-state index contributed by atoms with van der Waals surface area (Å²) in [5.41, 5.74) is 0. The molecule has 0 aliphatic carbocycles. The normalized spacial score (nSPS) is 11.2. The van der Waals surface area contributed by atoms with Crippen molar-refractivity contribution in [3.63, 3.8) is 0 Å². The van der Waals surface area contributed by atoms with Gasteiger partial charge in [0.05, 0.1) is 0 Å². The summed E-state index contributed by atoms with van der Waals surface area (Å²) in [6, 6.07) is 0. The SMILES string of the molecule is F[C](F)(F)[SbH2].F[C](F)(F)[SbH2].F[C](F)(F)[SbH2].N. The summed E-state index contributed by atoms with van der Waals surface area (Å²) in [4.78, 5) is 0. The molecule has 0 atom stereocenters. The molecule has 0 amide bonds. The number of halogens is 9. The minimum atomic E-state index is -3.87. The first-order chi connectivity index (χ1) is 6.00. The van der Waals surface area contributed by atoms with Gasteiger partial charge in [0.15, 0.2) is 0 Å². The smallest absolute Gasteiger partial charge is 0.344 e. The molecule has 0 saturated heterocycles. The molecular formula is C3H9F9NSb3. The molecule has 1 nitrogen and oxygen atoms in total. The summed E-state index contributed by atoms with van der Waals surface area (Å²) >= 11 is -1.91. The molecule has 0 heterocycles. The third kappa shape index (κ3) is 1080. The van der Waals surface area contributed by atoms with Crippen LogP contribution in [-0.4, -0.2) is 81.4 Å². The van der Waals surface area contributed by atoms with Crippen LogP contribution in [0.1, 0.15) is 0 Å².